The average Bonchev–Trinajstić information content (AvgIpc) is 3.40. The summed E-state index contributed by atoms with van der Waals surface area (Å²) in [5.41, 5.74) is 6.04. The molecule has 0 spiro atoms. The second kappa shape index (κ2) is 8.26. The molecule has 7 nitrogen and oxygen atoms in total. The van der Waals surface area contributed by atoms with E-state index in [9.17, 15) is 10.4 Å². The van der Waals surface area contributed by atoms with Crippen LogP contribution in [0.15, 0.2) is 78.2 Å². The van der Waals surface area contributed by atoms with E-state index < -0.39 is 0 Å². The maximum absolute atomic E-state index is 10.9. The quantitative estimate of drug-likeness (QED) is 0.395. The average molecular weight is 435 g/mol. The number of H-pyrrole nitrogens is 1. The predicted octanol–water partition coefficient (Wildman–Crippen LogP) is 4.62. The summed E-state index contributed by atoms with van der Waals surface area (Å²) in [7, 11) is 4.07. The Bertz CT molecular complexity index is 1530. The Hall–Kier alpha value is -4.41. The number of aromatic hydroxyl groups is 1. The fourth-order valence-electron chi connectivity index (χ4n) is 3.99. The van der Waals surface area contributed by atoms with Crippen LogP contribution in [0, 0.1) is 11.3 Å². The number of benzene rings is 2. The van der Waals surface area contributed by atoms with Gasteiger partial charge in [0.15, 0.2) is 5.88 Å². The zero-order valence-electron chi connectivity index (χ0n) is 18.3. The minimum atomic E-state index is 0.00814. The zero-order valence-corrected chi connectivity index (χ0v) is 18.3. The minimum absolute atomic E-state index is 0.00814. The SMILES string of the molecule is CN(C)Cc1ccc(N=C(c2ccc3nccn3c2)c2c(O)[nH]c3cc(C#N)ccc23)cc1. The van der Waals surface area contributed by atoms with Gasteiger partial charge in [0.25, 0.3) is 0 Å². The highest BCUT2D eigenvalue weighted by molar-refractivity contribution is 6.21. The first-order valence-electron chi connectivity index (χ1n) is 10.5. The molecule has 7 heteroatoms. The van der Waals surface area contributed by atoms with Gasteiger partial charge in [0.2, 0.25) is 0 Å². The molecular weight excluding hydrogens is 412 g/mol. The summed E-state index contributed by atoms with van der Waals surface area (Å²) in [5, 5.41) is 20.9. The van der Waals surface area contributed by atoms with Crippen LogP contribution in [0.1, 0.15) is 22.3 Å². The minimum Gasteiger partial charge on any atom is -0.494 e. The molecule has 5 aromatic rings. The van der Waals surface area contributed by atoms with Crippen LogP contribution in [0.3, 0.4) is 0 Å². The van der Waals surface area contributed by atoms with Crippen LogP contribution in [-0.2, 0) is 6.54 Å². The van der Waals surface area contributed by atoms with E-state index in [2.05, 4.69) is 33.1 Å². The third kappa shape index (κ3) is 3.95. The van der Waals surface area contributed by atoms with Crippen LogP contribution in [0.5, 0.6) is 5.88 Å². The summed E-state index contributed by atoms with van der Waals surface area (Å²) in [6.07, 6.45) is 5.57. The lowest BCUT2D eigenvalue weighted by Crippen LogP contribution is -2.10. The number of aliphatic imine (C=N–C) groups is 1. The zero-order chi connectivity index (χ0) is 22.9. The van der Waals surface area contributed by atoms with Gasteiger partial charge < -0.3 is 19.4 Å². The molecule has 33 heavy (non-hydrogen) atoms. The Labute approximate surface area is 190 Å². The molecule has 0 atom stereocenters. The van der Waals surface area contributed by atoms with Crippen molar-refractivity contribution in [3.63, 3.8) is 0 Å². The highest BCUT2D eigenvalue weighted by atomic mass is 16.3. The Balaban J connectivity index is 1.70. The van der Waals surface area contributed by atoms with Gasteiger partial charge in [-0.3, -0.25) is 0 Å². The van der Waals surface area contributed by atoms with E-state index in [0.717, 1.165) is 28.8 Å². The van der Waals surface area contributed by atoms with Crippen LogP contribution in [0.2, 0.25) is 0 Å². The van der Waals surface area contributed by atoms with Crippen LogP contribution in [0.25, 0.3) is 16.6 Å². The molecule has 0 aliphatic heterocycles. The number of nitrogens with one attached hydrogen (secondary N) is 1. The third-order valence-corrected chi connectivity index (χ3v) is 5.48. The Kier molecular flexibility index (Phi) is 5.13. The molecule has 0 saturated heterocycles. The number of fused-ring (bicyclic) bond motifs is 2. The largest absolute Gasteiger partial charge is 0.494 e. The van der Waals surface area contributed by atoms with E-state index in [4.69, 9.17) is 4.99 Å². The molecule has 0 radical (unpaired) electrons. The van der Waals surface area contributed by atoms with Crippen molar-refractivity contribution in [3.05, 3.63) is 95.4 Å². The summed E-state index contributed by atoms with van der Waals surface area (Å²) in [4.78, 5) is 14.4. The lowest BCUT2D eigenvalue weighted by molar-refractivity contribution is 0.402. The molecule has 2 aromatic carbocycles. The summed E-state index contributed by atoms with van der Waals surface area (Å²) in [6.45, 7) is 0.846. The molecule has 5 rings (SSSR count). The molecule has 0 aliphatic carbocycles. The van der Waals surface area contributed by atoms with Crippen molar-refractivity contribution >= 4 is 27.9 Å². The third-order valence-electron chi connectivity index (χ3n) is 5.48. The van der Waals surface area contributed by atoms with Crippen molar-refractivity contribution in [2.24, 2.45) is 4.99 Å². The van der Waals surface area contributed by atoms with Crippen molar-refractivity contribution in [1.82, 2.24) is 19.3 Å². The molecule has 0 aliphatic rings. The Morgan fingerprint density at radius 1 is 1.15 bits per heavy atom. The number of nitrogens with zero attached hydrogens (tertiary/aromatic N) is 5. The van der Waals surface area contributed by atoms with Crippen LogP contribution in [-0.4, -0.2) is 44.2 Å². The number of aromatic amines is 1. The summed E-state index contributed by atoms with van der Waals surface area (Å²) < 4.78 is 1.92. The van der Waals surface area contributed by atoms with Gasteiger partial charge in [-0.15, -0.1) is 0 Å². The predicted molar refractivity (Wildman–Crippen MR) is 129 cm³/mol. The standard InChI is InChI=1S/C26H22N6O/c1-31(2)15-17-3-7-20(8-4-17)29-25(19-6-10-23-28-11-12-32(23)16-19)24-21-9-5-18(14-27)13-22(21)30-26(24)33/h3-13,16,30,33H,15H2,1-2H3. The Morgan fingerprint density at radius 2 is 1.97 bits per heavy atom. The van der Waals surface area contributed by atoms with Gasteiger partial charge >= 0.3 is 0 Å². The van der Waals surface area contributed by atoms with Gasteiger partial charge in [0.1, 0.15) is 5.65 Å². The van der Waals surface area contributed by atoms with E-state index in [-0.39, 0.29) is 5.88 Å². The Morgan fingerprint density at radius 3 is 2.73 bits per heavy atom. The van der Waals surface area contributed by atoms with Gasteiger partial charge in [0.05, 0.1) is 34.1 Å². The number of pyridine rings is 1. The van der Waals surface area contributed by atoms with Gasteiger partial charge in [-0.1, -0.05) is 18.2 Å². The van der Waals surface area contributed by atoms with E-state index >= 15 is 0 Å². The summed E-state index contributed by atoms with van der Waals surface area (Å²) in [5.74, 6) is 0.00814. The fourth-order valence-corrected chi connectivity index (χ4v) is 3.99. The monoisotopic (exact) mass is 434 g/mol. The molecule has 0 saturated carbocycles. The van der Waals surface area contributed by atoms with Gasteiger partial charge in [-0.2, -0.15) is 5.26 Å². The highest BCUT2D eigenvalue weighted by Crippen LogP contribution is 2.32. The normalized spacial score (nSPS) is 12.0. The first-order chi connectivity index (χ1) is 16.0. The summed E-state index contributed by atoms with van der Waals surface area (Å²) in [6, 6.07) is 19.4. The molecule has 162 valence electrons. The van der Waals surface area contributed by atoms with Gasteiger partial charge in [-0.05, 0) is 56.1 Å². The molecule has 2 N–H and O–H groups in total. The number of hydrogen-bond donors (Lipinski definition) is 2. The second-order valence-electron chi connectivity index (χ2n) is 8.20. The van der Waals surface area contributed by atoms with Gasteiger partial charge in [0, 0.05) is 36.1 Å². The molecule has 0 fully saturated rings. The van der Waals surface area contributed by atoms with Gasteiger partial charge in [-0.25, -0.2) is 9.98 Å². The number of hydrogen-bond acceptors (Lipinski definition) is 5. The molecule has 0 bridgehead atoms. The van der Waals surface area contributed by atoms with E-state index in [1.54, 1.807) is 18.3 Å². The molecule has 3 aromatic heterocycles. The number of imidazole rings is 1. The van der Waals surface area contributed by atoms with Crippen LogP contribution in [0.4, 0.5) is 5.69 Å². The maximum atomic E-state index is 10.9. The lowest BCUT2D eigenvalue weighted by Gasteiger charge is -2.11. The second-order valence-corrected chi connectivity index (χ2v) is 8.20. The van der Waals surface area contributed by atoms with E-state index in [1.807, 2.05) is 61.2 Å². The molecule has 0 amide bonds. The smallest absolute Gasteiger partial charge is 0.199 e. The molecule has 0 unspecified atom stereocenters. The van der Waals surface area contributed by atoms with Crippen molar-refractivity contribution in [3.8, 4) is 11.9 Å². The van der Waals surface area contributed by atoms with E-state index in [0.29, 0.717) is 22.4 Å². The van der Waals surface area contributed by atoms with Crippen molar-refractivity contribution in [1.29, 1.82) is 5.26 Å². The first-order valence-corrected chi connectivity index (χ1v) is 10.5. The topological polar surface area (TPSA) is 92.7 Å². The first kappa shape index (κ1) is 20.5. The lowest BCUT2D eigenvalue weighted by atomic mass is 10.0. The van der Waals surface area contributed by atoms with Crippen molar-refractivity contribution in [2.75, 3.05) is 14.1 Å². The highest BCUT2D eigenvalue weighted by Gasteiger charge is 2.19. The van der Waals surface area contributed by atoms with Crippen molar-refractivity contribution < 1.29 is 5.11 Å². The molecular formula is C26H22N6O. The van der Waals surface area contributed by atoms with Crippen LogP contribution >= 0.6 is 0 Å². The van der Waals surface area contributed by atoms with E-state index in [1.165, 1.54) is 5.56 Å². The number of rotatable bonds is 5. The number of nitriles is 1. The van der Waals surface area contributed by atoms with Crippen LogP contribution < -0.4 is 0 Å². The summed E-state index contributed by atoms with van der Waals surface area (Å²) >= 11 is 0. The van der Waals surface area contributed by atoms with Crippen molar-refractivity contribution in [2.45, 2.75) is 6.54 Å². The molecule has 3 heterocycles. The maximum Gasteiger partial charge on any atom is 0.199 e. The number of aromatic nitrogens is 3. The fraction of sp³-hybridized carbons (Fsp3) is 0.115.